The third kappa shape index (κ3) is 3.85. The third-order valence-corrected chi connectivity index (χ3v) is 4.12. The molecule has 2 amide bonds. The van der Waals surface area contributed by atoms with E-state index in [-0.39, 0.29) is 6.03 Å². The molecule has 1 fully saturated rings. The zero-order valence-electron chi connectivity index (χ0n) is 13.0. The Labute approximate surface area is 121 Å². The lowest BCUT2D eigenvalue weighted by molar-refractivity contribution is -0.147. The summed E-state index contributed by atoms with van der Waals surface area (Å²) >= 11 is 0. The van der Waals surface area contributed by atoms with E-state index in [1.54, 1.807) is 20.8 Å². The smallest absolute Gasteiger partial charge is 0.329 e. The van der Waals surface area contributed by atoms with E-state index < -0.39 is 11.5 Å². The molecule has 1 saturated heterocycles. The van der Waals surface area contributed by atoms with Crippen molar-refractivity contribution in [3.63, 3.8) is 0 Å². The quantitative estimate of drug-likeness (QED) is 0.769. The van der Waals surface area contributed by atoms with Gasteiger partial charge in [-0.2, -0.15) is 0 Å². The minimum Gasteiger partial charge on any atom is -0.480 e. The molecule has 116 valence electrons. The Balaban J connectivity index is 2.50. The molecular weight excluding hydrogens is 258 g/mol. The summed E-state index contributed by atoms with van der Waals surface area (Å²) in [5.74, 6) is -0.530. The predicted molar refractivity (Wildman–Crippen MR) is 77.7 cm³/mol. The highest BCUT2D eigenvalue weighted by atomic mass is 16.4. The molecule has 1 unspecified atom stereocenters. The largest absolute Gasteiger partial charge is 0.480 e. The maximum Gasteiger partial charge on any atom is 0.329 e. The van der Waals surface area contributed by atoms with Gasteiger partial charge in [0, 0.05) is 19.6 Å². The molecule has 0 aliphatic carbocycles. The molecule has 0 radical (unpaired) electrons. The Morgan fingerprint density at radius 2 is 2.05 bits per heavy atom. The number of hydrogen-bond acceptors (Lipinski definition) is 3. The molecule has 0 saturated carbocycles. The first kappa shape index (κ1) is 16.8. The summed E-state index contributed by atoms with van der Waals surface area (Å²) in [6.07, 6.45) is 1.09. The zero-order chi connectivity index (χ0) is 15.3. The van der Waals surface area contributed by atoms with Crippen molar-refractivity contribution in [1.82, 2.24) is 15.1 Å². The first-order chi connectivity index (χ1) is 9.32. The van der Waals surface area contributed by atoms with Crippen molar-refractivity contribution in [3.05, 3.63) is 0 Å². The summed E-state index contributed by atoms with van der Waals surface area (Å²) in [6.45, 7) is 11.1. The van der Waals surface area contributed by atoms with Crippen LogP contribution < -0.4 is 5.32 Å². The van der Waals surface area contributed by atoms with Crippen molar-refractivity contribution in [1.29, 1.82) is 0 Å². The van der Waals surface area contributed by atoms with Gasteiger partial charge in [-0.05, 0) is 46.2 Å². The van der Waals surface area contributed by atoms with Crippen LogP contribution in [0.1, 0.15) is 34.1 Å². The summed E-state index contributed by atoms with van der Waals surface area (Å²) in [5.41, 5.74) is -1.19. The minimum absolute atomic E-state index is 0.296. The van der Waals surface area contributed by atoms with Crippen LogP contribution in [-0.4, -0.2) is 65.2 Å². The van der Waals surface area contributed by atoms with E-state index in [2.05, 4.69) is 17.1 Å². The number of nitrogens with zero attached hydrogens (tertiary/aromatic N) is 2. The highest BCUT2D eigenvalue weighted by molar-refractivity contribution is 5.85. The van der Waals surface area contributed by atoms with E-state index in [1.807, 2.05) is 0 Å². The summed E-state index contributed by atoms with van der Waals surface area (Å²) in [6, 6.07) is -0.296. The second-order valence-electron chi connectivity index (χ2n) is 5.84. The van der Waals surface area contributed by atoms with E-state index in [9.17, 15) is 14.7 Å². The summed E-state index contributed by atoms with van der Waals surface area (Å²) in [7, 11) is 0. The Bertz CT molecular complexity index is 358. The average Bonchev–Trinajstić information content (AvgIpc) is 2.84. The number of rotatable bonds is 6. The van der Waals surface area contributed by atoms with Crippen LogP contribution in [0.2, 0.25) is 0 Å². The number of carboxylic acids is 1. The Kier molecular flexibility index (Phi) is 5.80. The van der Waals surface area contributed by atoms with Gasteiger partial charge < -0.3 is 20.2 Å². The molecule has 1 rings (SSSR count). The highest BCUT2D eigenvalue weighted by Crippen LogP contribution is 2.17. The van der Waals surface area contributed by atoms with Gasteiger partial charge in [-0.1, -0.05) is 6.92 Å². The number of carbonyl (C=O) groups is 2. The van der Waals surface area contributed by atoms with E-state index in [0.717, 1.165) is 26.1 Å². The van der Waals surface area contributed by atoms with Crippen LogP contribution in [-0.2, 0) is 4.79 Å². The number of carboxylic acid groups (broad SMARTS) is 1. The molecule has 6 nitrogen and oxygen atoms in total. The molecule has 1 aliphatic rings. The highest BCUT2D eigenvalue weighted by Gasteiger charge is 2.37. The monoisotopic (exact) mass is 285 g/mol. The molecular formula is C14H27N3O3. The Hall–Kier alpha value is -1.30. The molecule has 0 aromatic rings. The molecule has 0 aromatic heterocycles. The van der Waals surface area contributed by atoms with Crippen LogP contribution in [0.5, 0.6) is 0 Å². The fraction of sp³-hybridized carbons (Fsp3) is 0.857. The van der Waals surface area contributed by atoms with Crippen LogP contribution >= 0.6 is 0 Å². The summed E-state index contributed by atoms with van der Waals surface area (Å²) in [5, 5.41) is 12.1. The van der Waals surface area contributed by atoms with Crippen LogP contribution in [0.4, 0.5) is 4.79 Å². The normalized spacial score (nSPS) is 19.9. The molecule has 1 atom stereocenters. The van der Waals surface area contributed by atoms with Crippen LogP contribution in [0.15, 0.2) is 0 Å². The molecule has 0 aromatic carbocycles. The van der Waals surface area contributed by atoms with E-state index >= 15 is 0 Å². The van der Waals surface area contributed by atoms with E-state index in [0.29, 0.717) is 19.0 Å². The minimum atomic E-state index is -1.19. The molecule has 2 N–H and O–H groups in total. The second-order valence-corrected chi connectivity index (χ2v) is 5.84. The lowest BCUT2D eigenvalue weighted by Crippen LogP contribution is -2.56. The van der Waals surface area contributed by atoms with E-state index in [4.69, 9.17) is 0 Å². The van der Waals surface area contributed by atoms with Crippen molar-refractivity contribution < 1.29 is 14.7 Å². The fourth-order valence-electron chi connectivity index (χ4n) is 2.60. The number of hydrogen-bond donors (Lipinski definition) is 2. The van der Waals surface area contributed by atoms with Gasteiger partial charge in [0.15, 0.2) is 0 Å². The van der Waals surface area contributed by atoms with Crippen molar-refractivity contribution in [3.8, 4) is 0 Å². The molecule has 20 heavy (non-hydrogen) atoms. The molecule has 1 aliphatic heterocycles. The van der Waals surface area contributed by atoms with Crippen molar-refractivity contribution >= 4 is 12.0 Å². The molecule has 6 heteroatoms. The van der Waals surface area contributed by atoms with Gasteiger partial charge in [0.05, 0.1) is 0 Å². The lowest BCUT2D eigenvalue weighted by Gasteiger charge is -2.34. The van der Waals surface area contributed by atoms with Crippen LogP contribution in [0, 0.1) is 5.92 Å². The van der Waals surface area contributed by atoms with Gasteiger partial charge in [-0.3, -0.25) is 0 Å². The molecule has 0 bridgehead atoms. The fourth-order valence-corrected chi connectivity index (χ4v) is 2.60. The number of aliphatic carboxylic acids is 1. The van der Waals surface area contributed by atoms with Crippen molar-refractivity contribution in [2.45, 2.75) is 39.7 Å². The van der Waals surface area contributed by atoms with Gasteiger partial charge >= 0.3 is 12.0 Å². The van der Waals surface area contributed by atoms with Crippen molar-refractivity contribution in [2.24, 2.45) is 5.92 Å². The maximum atomic E-state index is 12.2. The van der Waals surface area contributed by atoms with Gasteiger partial charge in [0.2, 0.25) is 0 Å². The Morgan fingerprint density at radius 3 is 2.50 bits per heavy atom. The lowest BCUT2D eigenvalue weighted by atomic mass is 10.0. The average molecular weight is 285 g/mol. The van der Waals surface area contributed by atoms with Crippen LogP contribution in [0.3, 0.4) is 0 Å². The number of urea groups is 1. The molecule has 1 heterocycles. The molecule has 0 spiro atoms. The summed E-state index contributed by atoms with van der Waals surface area (Å²) in [4.78, 5) is 27.1. The number of amides is 2. The van der Waals surface area contributed by atoms with Gasteiger partial charge in [0.25, 0.3) is 0 Å². The first-order valence-corrected chi connectivity index (χ1v) is 7.34. The number of nitrogens with one attached hydrogen (secondary N) is 1. The van der Waals surface area contributed by atoms with E-state index in [1.165, 1.54) is 4.90 Å². The van der Waals surface area contributed by atoms with Gasteiger partial charge in [-0.25, -0.2) is 9.59 Å². The third-order valence-electron chi connectivity index (χ3n) is 4.12. The Morgan fingerprint density at radius 1 is 1.40 bits per heavy atom. The van der Waals surface area contributed by atoms with Crippen LogP contribution in [0.25, 0.3) is 0 Å². The van der Waals surface area contributed by atoms with Crippen molar-refractivity contribution in [2.75, 3.05) is 32.7 Å². The predicted octanol–water partition coefficient (Wildman–Crippen LogP) is 1.22. The van der Waals surface area contributed by atoms with Gasteiger partial charge in [-0.15, -0.1) is 0 Å². The maximum absolute atomic E-state index is 12.2. The number of likely N-dealkylation sites (N-methyl/N-ethyl adjacent to an activating group) is 1. The number of carbonyl (C=O) groups excluding carboxylic acids is 1. The number of likely N-dealkylation sites (tertiary alicyclic amines) is 1. The zero-order valence-corrected chi connectivity index (χ0v) is 13.0. The summed E-state index contributed by atoms with van der Waals surface area (Å²) < 4.78 is 0. The SMILES string of the molecule is CCN1CCC(CNC(=O)N(CC)C(C)(C)C(=O)O)C1. The topological polar surface area (TPSA) is 72.9 Å². The first-order valence-electron chi connectivity index (χ1n) is 7.34. The van der Waals surface area contributed by atoms with Gasteiger partial charge in [0.1, 0.15) is 5.54 Å². The second kappa shape index (κ2) is 6.92. The standard InChI is InChI=1S/C14H27N3O3/c1-5-16-8-7-11(10-16)9-15-13(20)17(6-2)14(3,4)12(18)19/h11H,5-10H2,1-4H3,(H,15,20)(H,18,19).